The molecule has 1 aromatic carbocycles. The minimum atomic E-state index is -0.789. The molecule has 1 amide bonds. The molecule has 0 radical (unpaired) electrons. The number of halogens is 3. The highest BCUT2D eigenvalue weighted by atomic mass is 35.5. The SMILES string of the molecule is O=C(NC[C@@H]1CCO[C@@H]1c1ncn[nH]1)c1cc(Cl)cc(Cl)c1F. The highest BCUT2D eigenvalue weighted by molar-refractivity contribution is 6.35. The van der Waals surface area contributed by atoms with Gasteiger partial charge in [-0.2, -0.15) is 5.10 Å². The topological polar surface area (TPSA) is 79.9 Å². The van der Waals surface area contributed by atoms with E-state index in [-0.39, 0.29) is 27.6 Å². The third-order valence-corrected chi connectivity index (χ3v) is 4.17. The van der Waals surface area contributed by atoms with Gasteiger partial charge in [0.1, 0.15) is 12.4 Å². The van der Waals surface area contributed by atoms with Gasteiger partial charge in [-0.1, -0.05) is 23.2 Å². The van der Waals surface area contributed by atoms with E-state index in [9.17, 15) is 9.18 Å². The Morgan fingerprint density at radius 2 is 2.30 bits per heavy atom. The van der Waals surface area contributed by atoms with Crippen LogP contribution in [0.15, 0.2) is 18.5 Å². The lowest BCUT2D eigenvalue weighted by atomic mass is 10.0. The lowest BCUT2D eigenvalue weighted by Gasteiger charge is -2.17. The standard InChI is InChI=1S/C14H13Cl2FN4O2/c15-8-3-9(11(17)10(16)4-8)14(22)18-5-7-1-2-23-12(7)13-19-6-20-21-13/h3-4,6-7,12H,1-2,5H2,(H,18,22)(H,19,20,21)/t7-,12-/m0/s1. The summed E-state index contributed by atoms with van der Waals surface area (Å²) in [6, 6.07) is 2.50. The van der Waals surface area contributed by atoms with Crippen molar-refractivity contribution in [1.29, 1.82) is 0 Å². The van der Waals surface area contributed by atoms with E-state index >= 15 is 0 Å². The fourth-order valence-corrected chi connectivity index (χ4v) is 3.03. The van der Waals surface area contributed by atoms with Crippen molar-refractivity contribution >= 4 is 29.1 Å². The zero-order chi connectivity index (χ0) is 16.4. The third-order valence-electron chi connectivity index (χ3n) is 3.68. The average Bonchev–Trinajstić information content (AvgIpc) is 3.18. The first-order valence-electron chi connectivity index (χ1n) is 6.96. The van der Waals surface area contributed by atoms with Crippen LogP contribution in [0.1, 0.15) is 28.7 Å². The maximum atomic E-state index is 13.9. The van der Waals surface area contributed by atoms with Crippen LogP contribution in [0.5, 0.6) is 0 Å². The van der Waals surface area contributed by atoms with Crippen molar-refractivity contribution in [3.8, 4) is 0 Å². The minimum Gasteiger partial charge on any atom is -0.370 e. The number of carbonyl (C=O) groups excluding carboxylic acids is 1. The van der Waals surface area contributed by atoms with Crippen LogP contribution in [-0.2, 0) is 4.74 Å². The Morgan fingerprint density at radius 3 is 3.04 bits per heavy atom. The Balaban J connectivity index is 1.67. The van der Waals surface area contributed by atoms with Crippen molar-refractivity contribution in [3.63, 3.8) is 0 Å². The number of carbonyl (C=O) groups is 1. The van der Waals surface area contributed by atoms with Gasteiger partial charge in [-0.25, -0.2) is 9.37 Å². The molecule has 122 valence electrons. The van der Waals surface area contributed by atoms with Gasteiger partial charge in [0.05, 0.1) is 10.6 Å². The van der Waals surface area contributed by atoms with E-state index in [0.29, 0.717) is 19.0 Å². The molecule has 2 N–H and O–H groups in total. The van der Waals surface area contributed by atoms with Crippen molar-refractivity contribution in [2.75, 3.05) is 13.2 Å². The van der Waals surface area contributed by atoms with Gasteiger partial charge >= 0.3 is 0 Å². The maximum Gasteiger partial charge on any atom is 0.254 e. The first-order chi connectivity index (χ1) is 11.1. The number of nitrogens with one attached hydrogen (secondary N) is 2. The van der Waals surface area contributed by atoms with Crippen LogP contribution in [-0.4, -0.2) is 34.2 Å². The Bertz CT molecular complexity index is 711. The highest BCUT2D eigenvalue weighted by Crippen LogP contribution is 2.32. The lowest BCUT2D eigenvalue weighted by molar-refractivity contribution is 0.0797. The fraction of sp³-hybridized carbons (Fsp3) is 0.357. The van der Waals surface area contributed by atoms with Crippen molar-refractivity contribution in [1.82, 2.24) is 20.5 Å². The number of aromatic nitrogens is 3. The van der Waals surface area contributed by atoms with E-state index in [4.69, 9.17) is 27.9 Å². The van der Waals surface area contributed by atoms with Crippen molar-refractivity contribution in [2.45, 2.75) is 12.5 Å². The second kappa shape index (κ2) is 6.82. The van der Waals surface area contributed by atoms with Crippen LogP contribution >= 0.6 is 23.2 Å². The Hall–Kier alpha value is -1.70. The molecule has 0 aliphatic carbocycles. The molecule has 0 bridgehead atoms. The largest absolute Gasteiger partial charge is 0.370 e. The summed E-state index contributed by atoms with van der Waals surface area (Å²) in [6.07, 6.45) is 1.88. The molecule has 2 heterocycles. The van der Waals surface area contributed by atoms with Gasteiger partial charge in [0.25, 0.3) is 5.91 Å². The first-order valence-corrected chi connectivity index (χ1v) is 7.71. The van der Waals surface area contributed by atoms with Gasteiger partial charge in [-0.15, -0.1) is 0 Å². The fourth-order valence-electron chi connectivity index (χ4n) is 2.54. The number of hydrogen-bond acceptors (Lipinski definition) is 4. The molecule has 1 aliphatic rings. The van der Waals surface area contributed by atoms with Gasteiger partial charge in [0, 0.05) is 24.1 Å². The predicted octanol–water partition coefficient (Wildman–Crippen LogP) is 2.76. The van der Waals surface area contributed by atoms with E-state index in [0.717, 1.165) is 6.42 Å². The van der Waals surface area contributed by atoms with E-state index in [1.165, 1.54) is 18.5 Å². The summed E-state index contributed by atoms with van der Waals surface area (Å²) in [5.41, 5.74) is -0.183. The molecule has 0 unspecified atom stereocenters. The van der Waals surface area contributed by atoms with E-state index < -0.39 is 11.7 Å². The number of benzene rings is 1. The third kappa shape index (κ3) is 3.46. The van der Waals surface area contributed by atoms with Crippen molar-refractivity contribution in [3.05, 3.63) is 45.7 Å². The summed E-state index contributed by atoms with van der Waals surface area (Å²) in [5.74, 6) is -0.735. The molecule has 6 nitrogen and oxygen atoms in total. The predicted molar refractivity (Wildman–Crippen MR) is 81.9 cm³/mol. The van der Waals surface area contributed by atoms with E-state index in [1.54, 1.807) is 0 Å². The van der Waals surface area contributed by atoms with Crippen LogP contribution in [0.25, 0.3) is 0 Å². The first kappa shape index (κ1) is 16.2. The van der Waals surface area contributed by atoms with Crippen LogP contribution < -0.4 is 5.32 Å². The van der Waals surface area contributed by atoms with Crippen molar-refractivity contribution < 1.29 is 13.9 Å². The quantitative estimate of drug-likeness (QED) is 0.823. The lowest BCUT2D eigenvalue weighted by Crippen LogP contribution is -2.31. The minimum absolute atomic E-state index is 0.0182. The van der Waals surface area contributed by atoms with E-state index in [2.05, 4.69) is 20.5 Å². The molecule has 3 rings (SSSR count). The van der Waals surface area contributed by atoms with Gasteiger partial charge in [-0.3, -0.25) is 9.89 Å². The van der Waals surface area contributed by atoms with Gasteiger partial charge in [0.15, 0.2) is 11.6 Å². The summed E-state index contributed by atoms with van der Waals surface area (Å²) in [5, 5.41) is 9.25. The molecule has 1 aliphatic heterocycles. The smallest absolute Gasteiger partial charge is 0.254 e. The Morgan fingerprint density at radius 1 is 1.48 bits per heavy atom. The molecule has 0 spiro atoms. The summed E-state index contributed by atoms with van der Waals surface area (Å²) in [4.78, 5) is 16.2. The maximum absolute atomic E-state index is 13.9. The molecule has 9 heteroatoms. The molecule has 23 heavy (non-hydrogen) atoms. The summed E-state index contributed by atoms with van der Waals surface area (Å²) < 4.78 is 19.5. The zero-order valence-corrected chi connectivity index (χ0v) is 13.4. The monoisotopic (exact) mass is 358 g/mol. The molecular weight excluding hydrogens is 346 g/mol. The number of hydrogen-bond donors (Lipinski definition) is 2. The second-order valence-electron chi connectivity index (χ2n) is 5.17. The molecule has 1 fully saturated rings. The molecular formula is C14H13Cl2FN4O2. The van der Waals surface area contributed by atoms with E-state index in [1.807, 2.05) is 0 Å². The van der Waals surface area contributed by atoms with Crippen LogP contribution in [0.2, 0.25) is 10.0 Å². The van der Waals surface area contributed by atoms with Gasteiger partial charge in [0.2, 0.25) is 0 Å². The number of amides is 1. The van der Waals surface area contributed by atoms with Crippen LogP contribution in [0.4, 0.5) is 4.39 Å². The number of ether oxygens (including phenoxy) is 1. The Kier molecular flexibility index (Phi) is 4.79. The second-order valence-corrected chi connectivity index (χ2v) is 6.01. The highest BCUT2D eigenvalue weighted by Gasteiger charge is 2.32. The average molecular weight is 359 g/mol. The van der Waals surface area contributed by atoms with Gasteiger partial charge < -0.3 is 10.1 Å². The van der Waals surface area contributed by atoms with Gasteiger partial charge in [-0.05, 0) is 18.6 Å². The summed E-state index contributed by atoms with van der Waals surface area (Å²) in [6.45, 7) is 0.872. The number of rotatable bonds is 4. The number of H-pyrrole nitrogens is 1. The number of nitrogens with zero attached hydrogens (tertiary/aromatic N) is 2. The van der Waals surface area contributed by atoms with Crippen LogP contribution in [0, 0.1) is 11.7 Å². The number of aromatic amines is 1. The Labute approximate surface area is 141 Å². The molecule has 2 aromatic rings. The molecule has 0 saturated carbocycles. The summed E-state index contributed by atoms with van der Waals surface area (Å²) in [7, 11) is 0. The molecule has 1 aromatic heterocycles. The van der Waals surface area contributed by atoms with Crippen LogP contribution in [0.3, 0.4) is 0 Å². The molecule has 2 atom stereocenters. The van der Waals surface area contributed by atoms with Crippen molar-refractivity contribution in [2.24, 2.45) is 5.92 Å². The molecule has 1 saturated heterocycles. The zero-order valence-electron chi connectivity index (χ0n) is 11.9. The summed E-state index contributed by atoms with van der Waals surface area (Å²) >= 11 is 11.5. The normalized spacial score (nSPS) is 20.7.